The van der Waals surface area contributed by atoms with Crippen molar-refractivity contribution in [1.29, 1.82) is 0 Å². The summed E-state index contributed by atoms with van der Waals surface area (Å²) >= 11 is 1.36. The van der Waals surface area contributed by atoms with Gasteiger partial charge in [0.2, 0.25) is 0 Å². The average molecular weight is 470 g/mol. The van der Waals surface area contributed by atoms with Gasteiger partial charge in [-0.25, -0.2) is 0 Å². The van der Waals surface area contributed by atoms with Crippen molar-refractivity contribution in [2.24, 2.45) is 0 Å². The molecule has 2 radical (unpaired) electrons. The van der Waals surface area contributed by atoms with Crippen LogP contribution in [-0.4, -0.2) is 6.88 Å². The van der Waals surface area contributed by atoms with Gasteiger partial charge < -0.3 is 7.43 Å². The van der Waals surface area contributed by atoms with E-state index in [1.54, 1.807) is 0 Å². The maximum Gasteiger partial charge on any atom is -0.171 e. The minimum Gasteiger partial charge on any atom is -0.184 e. The first-order valence-corrected chi connectivity index (χ1v) is 13.3. The predicted molar refractivity (Wildman–Crippen MR) is 126 cm³/mol. The number of fused-ring (bicyclic) bond motifs is 2. The molecule has 0 aliphatic rings. The molecule has 0 spiro atoms. The van der Waals surface area contributed by atoms with Crippen molar-refractivity contribution in [3.8, 4) is 0 Å². The van der Waals surface area contributed by atoms with Crippen LogP contribution in [0.5, 0.6) is 0 Å². The van der Waals surface area contributed by atoms with Gasteiger partial charge in [-0.15, -0.1) is 81.2 Å². The first kappa shape index (κ1) is 25.0. The van der Waals surface area contributed by atoms with Crippen molar-refractivity contribution in [3.63, 3.8) is 0 Å². The third-order valence-corrected chi connectivity index (χ3v) is 4.13. The van der Waals surface area contributed by atoms with E-state index in [4.69, 9.17) is 0 Å². The summed E-state index contributed by atoms with van der Waals surface area (Å²) in [6.45, 7) is 7.31. The largest absolute Gasteiger partial charge is 0.184 e. The zero-order chi connectivity index (χ0) is 20.2. The summed E-state index contributed by atoms with van der Waals surface area (Å²) < 4.78 is 0. The van der Waals surface area contributed by atoms with Gasteiger partial charge in [0, 0.05) is 0 Å². The van der Waals surface area contributed by atoms with Crippen LogP contribution in [0.2, 0.25) is 0 Å². The number of hydrogen-bond donors (Lipinski definition) is 0. The van der Waals surface area contributed by atoms with E-state index in [-0.39, 0.29) is 7.43 Å². The van der Waals surface area contributed by atoms with Gasteiger partial charge in [0.1, 0.15) is 0 Å². The smallest absolute Gasteiger partial charge is 0.171 e. The van der Waals surface area contributed by atoms with Crippen LogP contribution in [0.25, 0.3) is 21.5 Å². The summed E-state index contributed by atoms with van der Waals surface area (Å²) in [5.74, 6) is 0. The van der Waals surface area contributed by atoms with Crippen LogP contribution in [-0.2, 0) is 23.3 Å². The van der Waals surface area contributed by atoms with Gasteiger partial charge in [0.15, 0.2) is 0 Å². The van der Waals surface area contributed by atoms with Gasteiger partial charge in [-0.05, 0) is 0 Å². The number of rotatable bonds is 0. The molecule has 0 N–H and O–H groups in total. The van der Waals surface area contributed by atoms with Gasteiger partial charge in [-0.3, -0.25) is 0 Å². The standard InChI is InChI=1S/2C10H9.C6H5.CH3.Si.Zr/c2*1-8-6-9-4-2-3-5-10(9)7-8;1-2-4-6-5-3-1;;;/h2*2-7H,1H3;1-5H;1H3;;/q4*-1;;. The third-order valence-electron chi connectivity index (χ3n) is 4.13. The van der Waals surface area contributed by atoms with E-state index in [1.807, 2.05) is 30.3 Å². The molecule has 0 aromatic heterocycles. The summed E-state index contributed by atoms with van der Waals surface area (Å²) in [7, 11) is 0. The van der Waals surface area contributed by atoms with Gasteiger partial charge in [-0.2, -0.15) is 48.5 Å². The van der Waals surface area contributed by atoms with Gasteiger partial charge in [0.05, 0.1) is 0 Å². The molecular formula is C27H26SiZr-4. The second-order valence-corrected chi connectivity index (χ2v) is 6.40. The molecule has 5 rings (SSSR count). The normalized spacial score (nSPS) is 9.00. The second-order valence-electron chi connectivity index (χ2n) is 6.40. The van der Waals surface area contributed by atoms with Crippen molar-refractivity contribution in [2.75, 3.05) is 0 Å². The van der Waals surface area contributed by atoms with Crippen molar-refractivity contribution in [1.82, 2.24) is 0 Å². The van der Waals surface area contributed by atoms with E-state index in [0.717, 1.165) is 0 Å². The Morgan fingerprint density at radius 3 is 1.38 bits per heavy atom. The molecule has 0 amide bonds. The maximum absolute atomic E-state index is 3.06. The molecule has 5 aromatic carbocycles. The Bertz CT molecular complexity index is 909. The molecule has 0 nitrogen and oxygen atoms in total. The molecule has 0 aliphatic heterocycles. The van der Waals surface area contributed by atoms with Crippen molar-refractivity contribution < 1.29 is 23.3 Å². The molecule has 0 saturated carbocycles. The summed E-state index contributed by atoms with van der Waals surface area (Å²) in [4.78, 5) is 0. The van der Waals surface area contributed by atoms with Crippen LogP contribution in [0.3, 0.4) is 0 Å². The van der Waals surface area contributed by atoms with Crippen molar-refractivity contribution >= 4 is 28.4 Å². The molecule has 0 fully saturated rings. The fourth-order valence-electron chi connectivity index (χ4n) is 2.95. The van der Waals surface area contributed by atoms with E-state index in [9.17, 15) is 0 Å². The Balaban J connectivity index is 0.000000211. The Hall–Kier alpha value is -2.02. The van der Waals surface area contributed by atoms with E-state index in [1.165, 1.54) is 56.0 Å². The van der Waals surface area contributed by atoms with E-state index < -0.39 is 0 Å². The predicted octanol–water partition coefficient (Wildman–Crippen LogP) is 7.29. The van der Waals surface area contributed by atoms with Gasteiger partial charge in [0.25, 0.3) is 0 Å². The van der Waals surface area contributed by atoms with Crippen LogP contribution in [0.1, 0.15) is 11.1 Å². The molecule has 146 valence electrons. The Labute approximate surface area is 192 Å². The van der Waals surface area contributed by atoms with Crippen LogP contribution >= 0.6 is 0 Å². The van der Waals surface area contributed by atoms with E-state index in [2.05, 4.69) is 99.6 Å². The monoisotopic (exact) mass is 468 g/mol. The third kappa shape index (κ3) is 8.48. The van der Waals surface area contributed by atoms with Gasteiger partial charge in [-0.1, -0.05) is 26.0 Å². The van der Waals surface area contributed by atoms with Crippen molar-refractivity contribution in [2.45, 2.75) is 13.8 Å². The molecule has 29 heavy (non-hydrogen) atoms. The number of aryl methyl sites for hydroxylation is 2. The zero-order valence-corrected chi connectivity index (χ0v) is 20.8. The first-order valence-electron chi connectivity index (χ1n) is 9.12. The molecule has 0 bridgehead atoms. The van der Waals surface area contributed by atoms with Crippen LogP contribution in [0, 0.1) is 27.3 Å². The average Bonchev–Trinajstić information content (AvgIpc) is 3.32. The minimum absolute atomic E-state index is 0. The summed E-state index contributed by atoms with van der Waals surface area (Å²) in [6, 6.07) is 38.2. The van der Waals surface area contributed by atoms with Gasteiger partial charge >= 0.3 is 30.2 Å². The molecular weight excluding hydrogens is 444 g/mol. The van der Waals surface area contributed by atoms with E-state index >= 15 is 0 Å². The molecule has 5 aromatic rings. The summed E-state index contributed by atoms with van der Waals surface area (Å²) in [5.41, 5.74) is 2.70. The summed E-state index contributed by atoms with van der Waals surface area (Å²) in [6.07, 6.45) is 0. The fourth-order valence-corrected chi connectivity index (χ4v) is 2.95. The summed E-state index contributed by atoms with van der Waals surface area (Å²) in [5, 5.41) is 5.39. The van der Waals surface area contributed by atoms with Crippen LogP contribution in [0.4, 0.5) is 0 Å². The first-order chi connectivity index (χ1) is 13.7. The quantitative estimate of drug-likeness (QED) is 0.165. The Morgan fingerprint density at radius 2 is 1.07 bits per heavy atom. The molecule has 2 heteroatoms. The topological polar surface area (TPSA) is 0 Å². The zero-order valence-electron chi connectivity index (χ0n) is 17.3. The van der Waals surface area contributed by atoms with Crippen LogP contribution < -0.4 is 0 Å². The van der Waals surface area contributed by atoms with E-state index in [0.29, 0.717) is 0 Å². The van der Waals surface area contributed by atoms with Crippen LogP contribution in [0.15, 0.2) is 103 Å². The number of benzene rings is 3. The fraction of sp³-hybridized carbons (Fsp3) is 0.0741. The number of hydrogen-bond acceptors (Lipinski definition) is 0. The SMILES string of the molecule is Cc1cc2ccccc2[cH-]1.Cc1cc2ccccc2[cH-]1.[CH3-].[Si]=[Zr].[c-]1ccccc1. The minimum atomic E-state index is 0. The Morgan fingerprint density at radius 1 is 0.655 bits per heavy atom. The molecule has 0 heterocycles. The molecule has 0 aliphatic carbocycles. The Kier molecular flexibility index (Phi) is 12.1. The molecule has 0 unspecified atom stereocenters. The molecule has 0 saturated heterocycles. The molecule has 0 atom stereocenters. The maximum atomic E-state index is 3.06. The second kappa shape index (κ2) is 14.0. The van der Waals surface area contributed by atoms with Crippen molar-refractivity contribution in [3.05, 3.63) is 128 Å².